The number of nitrogens with zero attached hydrogens (tertiary/aromatic N) is 4. The first-order valence-electron chi connectivity index (χ1n) is 13.9. The summed E-state index contributed by atoms with van der Waals surface area (Å²) in [6.07, 6.45) is 3.30. The minimum Gasteiger partial charge on any atom is -0.351 e. The molecule has 0 radical (unpaired) electrons. The third-order valence-corrected chi connectivity index (χ3v) is 8.63. The zero-order valence-corrected chi connectivity index (χ0v) is 23.9. The van der Waals surface area contributed by atoms with Crippen molar-refractivity contribution in [3.8, 4) is 0 Å². The van der Waals surface area contributed by atoms with Crippen molar-refractivity contribution in [2.75, 3.05) is 39.3 Å². The zero-order valence-electron chi connectivity index (χ0n) is 23.1. The minimum atomic E-state index is -4.37. The van der Waals surface area contributed by atoms with Gasteiger partial charge >= 0.3 is 5.51 Å². The SMILES string of the molecule is Cc1c(C(=O)NCCN2CCC(F)(F)C2)ccc2nn(CC3CCN(C(=O)c4ccc(SC(F)(F)F)cc4)CC3)cc12. The molecule has 1 N–H and O–H groups in total. The average molecular weight is 610 g/mol. The molecule has 13 heteroatoms. The van der Waals surface area contributed by atoms with E-state index in [1.807, 2.05) is 17.8 Å². The fourth-order valence-electron chi connectivity index (χ4n) is 5.61. The number of aromatic nitrogens is 2. The predicted octanol–water partition coefficient (Wildman–Crippen LogP) is 5.58. The highest BCUT2D eigenvalue weighted by atomic mass is 32.2. The molecule has 0 aliphatic carbocycles. The summed E-state index contributed by atoms with van der Waals surface area (Å²) in [6.45, 7) is 4.31. The highest BCUT2D eigenvalue weighted by Crippen LogP contribution is 2.37. The third kappa shape index (κ3) is 7.41. The van der Waals surface area contributed by atoms with Crippen LogP contribution < -0.4 is 5.32 Å². The fourth-order valence-corrected chi connectivity index (χ4v) is 6.15. The van der Waals surface area contributed by atoms with Gasteiger partial charge in [-0.05, 0) is 79.4 Å². The Morgan fingerprint density at radius 1 is 1.07 bits per heavy atom. The van der Waals surface area contributed by atoms with Crippen LogP contribution in [-0.2, 0) is 6.54 Å². The van der Waals surface area contributed by atoms with E-state index in [-0.39, 0.29) is 53.9 Å². The van der Waals surface area contributed by atoms with Crippen LogP contribution in [0.1, 0.15) is 45.5 Å². The quantitative estimate of drug-likeness (QED) is 0.267. The van der Waals surface area contributed by atoms with Gasteiger partial charge in [-0.15, -0.1) is 0 Å². The Morgan fingerprint density at radius 2 is 1.79 bits per heavy atom. The van der Waals surface area contributed by atoms with Crippen molar-refractivity contribution in [2.24, 2.45) is 5.92 Å². The van der Waals surface area contributed by atoms with Gasteiger partial charge in [-0.3, -0.25) is 19.2 Å². The smallest absolute Gasteiger partial charge is 0.351 e. The maximum atomic E-state index is 13.4. The molecule has 3 aromatic rings. The number of thioether (sulfide) groups is 1. The summed E-state index contributed by atoms with van der Waals surface area (Å²) in [5.74, 6) is -2.81. The van der Waals surface area contributed by atoms with Crippen LogP contribution in [0.2, 0.25) is 0 Å². The van der Waals surface area contributed by atoms with Gasteiger partial charge in [0, 0.05) is 73.3 Å². The monoisotopic (exact) mass is 609 g/mol. The molecule has 1 aromatic heterocycles. The van der Waals surface area contributed by atoms with E-state index in [1.165, 1.54) is 24.3 Å². The Morgan fingerprint density at radius 3 is 2.43 bits per heavy atom. The van der Waals surface area contributed by atoms with Gasteiger partial charge in [0.25, 0.3) is 17.7 Å². The van der Waals surface area contributed by atoms with E-state index in [9.17, 15) is 31.5 Å². The van der Waals surface area contributed by atoms with E-state index in [0.29, 0.717) is 43.9 Å². The number of piperidine rings is 1. The largest absolute Gasteiger partial charge is 0.446 e. The van der Waals surface area contributed by atoms with Gasteiger partial charge < -0.3 is 10.2 Å². The summed E-state index contributed by atoms with van der Waals surface area (Å²) in [5, 5.41) is 8.38. The lowest BCUT2D eigenvalue weighted by Gasteiger charge is -2.32. The van der Waals surface area contributed by atoms with Gasteiger partial charge in [-0.1, -0.05) is 0 Å². The number of halogens is 5. The molecule has 0 bridgehead atoms. The molecule has 0 saturated carbocycles. The molecule has 42 heavy (non-hydrogen) atoms. The number of hydrogen-bond acceptors (Lipinski definition) is 5. The van der Waals surface area contributed by atoms with Crippen molar-refractivity contribution in [1.29, 1.82) is 0 Å². The first-order valence-corrected chi connectivity index (χ1v) is 14.7. The predicted molar refractivity (Wildman–Crippen MR) is 150 cm³/mol. The number of aryl methyl sites for hydroxylation is 1. The van der Waals surface area contributed by atoms with Crippen molar-refractivity contribution in [3.63, 3.8) is 0 Å². The molecule has 5 rings (SSSR count). The van der Waals surface area contributed by atoms with Crippen molar-refractivity contribution < 1.29 is 31.5 Å². The molecular weight excluding hydrogens is 577 g/mol. The lowest BCUT2D eigenvalue weighted by atomic mass is 9.96. The number of carbonyl (C=O) groups excluding carboxylic acids is 2. The van der Waals surface area contributed by atoms with E-state index in [4.69, 9.17) is 0 Å². The van der Waals surface area contributed by atoms with Gasteiger partial charge in [-0.2, -0.15) is 18.3 Å². The number of likely N-dealkylation sites (tertiary alicyclic amines) is 2. The molecule has 0 unspecified atom stereocenters. The number of carbonyl (C=O) groups is 2. The van der Waals surface area contributed by atoms with Gasteiger partial charge in [0.15, 0.2) is 0 Å². The van der Waals surface area contributed by atoms with Crippen LogP contribution in [0.3, 0.4) is 0 Å². The molecule has 2 fully saturated rings. The van der Waals surface area contributed by atoms with Crippen LogP contribution in [0.25, 0.3) is 10.9 Å². The first kappa shape index (κ1) is 30.3. The molecule has 0 spiro atoms. The molecule has 7 nitrogen and oxygen atoms in total. The molecule has 2 saturated heterocycles. The number of hydrogen-bond donors (Lipinski definition) is 1. The lowest BCUT2D eigenvalue weighted by Crippen LogP contribution is -2.39. The summed E-state index contributed by atoms with van der Waals surface area (Å²) >= 11 is -0.206. The molecule has 226 valence electrons. The topological polar surface area (TPSA) is 70.5 Å². The molecule has 2 aliphatic heterocycles. The summed E-state index contributed by atoms with van der Waals surface area (Å²) in [6, 6.07) is 9.03. The standard InChI is InChI=1S/C29H32F5N5O2S/c1-19-23(26(40)35-11-15-37-14-10-28(30,31)18-37)6-7-25-24(19)17-39(36-25)16-20-8-12-38(13-9-20)27(41)21-2-4-22(5-3-21)42-29(32,33)34/h2-7,17,20H,8-16,18H2,1H3,(H,35,40). The Hall–Kier alpha value is -3.19. The average Bonchev–Trinajstić information content (AvgIpc) is 3.50. The molecule has 2 aromatic carbocycles. The van der Waals surface area contributed by atoms with E-state index in [0.717, 1.165) is 29.3 Å². The van der Waals surface area contributed by atoms with E-state index >= 15 is 0 Å². The second-order valence-electron chi connectivity index (χ2n) is 11.0. The van der Waals surface area contributed by atoms with Crippen LogP contribution in [0, 0.1) is 12.8 Å². The third-order valence-electron chi connectivity index (χ3n) is 7.89. The van der Waals surface area contributed by atoms with Crippen molar-refractivity contribution in [1.82, 2.24) is 24.9 Å². The second kappa shape index (κ2) is 12.2. The number of benzene rings is 2. The first-order chi connectivity index (χ1) is 19.9. The summed E-state index contributed by atoms with van der Waals surface area (Å²) in [7, 11) is 0. The second-order valence-corrected chi connectivity index (χ2v) is 12.1. The normalized spacial score (nSPS) is 18.1. The van der Waals surface area contributed by atoms with Crippen LogP contribution in [-0.4, -0.2) is 82.1 Å². The van der Waals surface area contributed by atoms with Gasteiger partial charge in [0.05, 0.1) is 12.1 Å². The van der Waals surface area contributed by atoms with E-state index < -0.39 is 11.4 Å². The van der Waals surface area contributed by atoms with Gasteiger partial charge in [-0.25, -0.2) is 8.78 Å². The molecule has 0 atom stereocenters. The highest BCUT2D eigenvalue weighted by molar-refractivity contribution is 8.00. The number of fused-ring (bicyclic) bond motifs is 1. The number of alkyl halides is 5. The van der Waals surface area contributed by atoms with Crippen LogP contribution in [0.5, 0.6) is 0 Å². The van der Waals surface area contributed by atoms with Crippen LogP contribution in [0.15, 0.2) is 47.5 Å². The Balaban J connectivity index is 1.13. The lowest BCUT2D eigenvalue weighted by molar-refractivity contribution is -0.0328. The number of rotatable bonds is 8. The Kier molecular flexibility index (Phi) is 8.79. The molecule has 2 amide bonds. The van der Waals surface area contributed by atoms with Crippen molar-refractivity contribution >= 4 is 34.5 Å². The van der Waals surface area contributed by atoms with E-state index in [1.54, 1.807) is 21.9 Å². The Labute approximate surface area is 244 Å². The fraction of sp³-hybridized carbons (Fsp3) is 0.483. The zero-order chi connectivity index (χ0) is 30.1. The van der Waals surface area contributed by atoms with Crippen LogP contribution in [0.4, 0.5) is 22.0 Å². The van der Waals surface area contributed by atoms with Gasteiger partial charge in [0.2, 0.25) is 0 Å². The Bertz CT molecular complexity index is 1430. The highest BCUT2D eigenvalue weighted by Gasteiger charge is 2.37. The minimum absolute atomic E-state index is 0.0413. The summed E-state index contributed by atoms with van der Waals surface area (Å²) in [5.41, 5.74) is -1.92. The maximum Gasteiger partial charge on any atom is 0.446 e. The summed E-state index contributed by atoms with van der Waals surface area (Å²) < 4.78 is 66.3. The summed E-state index contributed by atoms with van der Waals surface area (Å²) in [4.78, 5) is 29.1. The van der Waals surface area contributed by atoms with Crippen molar-refractivity contribution in [2.45, 2.75) is 49.1 Å². The number of nitrogens with one attached hydrogen (secondary N) is 1. The van der Waals surface area contributed by atoms with E-state index in [2.05, 4.69) is 10.4 Å². The molecular formula is C29H32F5N5O2S. The van der Waals surface area contributed by atoms with Crippen molar-refractivity contribution in [3.05, 3.63) is 59.3 Å². The molecule has 2 aliphatic rings. The maximum absolute atomic E-state index is 13.4. The molecule has 3 heterocycles. The van der Waals surface area contributed by atoms with Crippen LogP contribution >= 0.6 is 11.8 Å². The van der Waals surface area contributed by atoms with Gasteiger partial charge in [0.1, 0.15) is 0 Å². The number of amides is 2.